The molecule has 2 aliphatic rings. The third-order valence-corrected chi connectivity index (χ3v) is 3.78. The molecule has 2 heterocycles. The van der Waals surface area contributed by atoms with E-state index in [1.165, 1.54) is 6.42 Å². The van der Waals surface area contributed by atoms with Gasteiger partial charge in [-0.05, 0) is 44.2 Å². The quantitative estimate of drug-likeness (QED) is 0.737. The average Bonchev–Trinajstić information content (AvgIpc) is 2.80. The summed E-state index contributed by atoms with van der Waals surface area (Å²) >= 11 is 0. The number of likely N-dealkylation sites (tertiary alicyclic amines) is 1. The molecule has 1 atom stereocenters. The van der Waals surface area contributed by atoms with Gasteiger partial charge in [0.25, 0.3) is 0 Å². The Morgan fingerprint density at radius 1 is 1.38 bits per heavy atom. The highest BCUT2D eigenvalue weighted by Gasteiger charge is 2.21. The molecule has 0 saturated carbocycles. The SMILES string of the molecule is CC1CCN(C(=O)NCC2CCNC2)CC1. The van der Waals surface area contributed by atoms with Gasteiger partial charge in [0, 0.05) is 19.6 Å². The van der Waals surface area contributed by atoms with Gasteiger partial charge < -0.3 is 15.5 Å². The van der Waals surface area contributed by atoms with Gasteiger partial charge in [-0.15, -0.1) is 0 Å². The van der Waals surface area contributed by atoms with Gasteiger partial charge in [-0.25, -0.2) is 4.79 Å². The van der Waals surface area contributed by atoms with Crippen LogP contribution < -0.4 is 10.6 Å². The molecule has 2 aliphatic heterocycles. The van der Waals surface area contributed by atoms with Crippen molar-refractivity contribution in [1.29, 1.82) is 0 Å². The highest BCUT2D eigenvalue weighted by atomic mass is 16.2. The van der Waals surface area contributed by atoms with Crippen LogP contribution in [0.25, 0.3) is 0 Å². The first-order valence-electron chi connectivity index (χ1n) is 6.49. The van der Waals surface area contributed by atoms with Crippen LogP contribution in [0.3, 0.4) is 0 Å². The summed E-state index contributed by atoms with van der Waals surface area (Å²) in [6.07, 6.45) is 3.49. The van der Waals surface area contributed by atoms with Gasteiger partial charge in [0.15, 0.2) is 0 Å². The van der Waals surface area contributed by atoms with Crippen LogP contribution in [0.4, 0.5) is 4.79 Å². The summed E-state index contributed by atoms with van der Waals surface area (Å²) in [6, 6.07) is 0.138. The Hall–Kier alpha value is -0.770. The van der Waals surface area contributed by atoms with Crippen molar-refractivity contribution in [2.75, 3.05) is 32.7 Å². The lowest BCUT2D eigenvalue weighted by Gasteiger charge is -2.30. The van der Waals surface area contributed by atoms with Crippen LogP contribution in [0.1, 0.15) is 26.2 Å². The summed E-state index contributed by atoms with van der Waals surface area (Å²) in [6.45, 7) is 7.10. The van der Waals surface area contributed by atoms with Gasteiger partial charge in [-0.3, -0.25) is 0 Å². The molecule has 4 nitrogen and oxygen atoms in total. The van der Waals surface area contributed by atoms with Gasteiger partial charge in [0.2, 0.25) is 0 Å². The van der Waals surface area contributed by atoms with Crippen LogP contribution in [0.2, 0.25) is 0 Å². The van der Waals surface area contributed by atoms with Gasteiger partial charge >= 0.3 is 6.03 Å². The maximum absolute atomic E-state index is 11.9. The fourth-order valence-electron chi connectivity index (χ4n) is 2.44. The fourth-order valence-corrected chi connectivity index (χ4v) is 2.44. The van der Waals surface area contributed by atoms with Gasteiger partial charge in [0.1, 0.15) is 0 Å². The molecule has 0 spiro atoms. The van der Waals surface area contributed by atoms with Crippen molar-refractivity contribution in [2.24, 2.45) is 11.8 Å². The standard InChI is InChI=1S/C12H23N3O/c1-10-3-6-15(7-4-10)12(16)14-9-11-2-5-13-8-11/h10-11,13H,2-9H2,1H3,(H,14,16). The van der Waals surface area contributed by atoms with Crippen molar-refractivity contribution < 1.29 is 4.79 Å². The maximum atomic E-state index is 11.9. The molecule has 1 unspecified atom stereocenters. The van der Waals surface area contributed by atoms with Crippen molar-refractivity contribution in [1.82, 2.24) is 15.5 Å². The Bertz CT molecular complexity index is 230. The zero-order valence-electron chi connectivity index (χ0n) is 10.2. The van der Waals surface area contributed by atoms with Crippen LogP contribution in [-0.4, -0.2) is 43.7 Å². The van der Waals surface area contributed by atoms with Crippen molar-refractivity contribution in [3.63, 3.8) is 0 Å². The van der Waals surface area contributed by atoms with E-state index in [4.69, 9.17) is 0 Å². The van der Waals surface area contributed by atoms with Crippen molar-refractivity contribution in [3.05, 3.63) is 0 Å². The van der Waals surface area contributed by atoms with E-state index in [0.717, 1.165) is 51.5 Å². The lowest BCUT2D eigenvalue weighted by Crippen LogP contribution is -2.45. The van der Waals surface area contributed by atoms with E-state index in [9.17, 15) is 4.79 Å². The highest BCUT2D eigenvalue weighted by molar-refractivity contribution is 5.74. The van der Waals surface area contributed by atoms with E-state index in [2.05, 4.69) is 17.6 Å². The second-order valence-electron chi connectivity index (χ2n) is 5.21. The third kappa shape index (κ3) is 3.11. The van der Waals surface area contributed by atoms with E-state index in [1.54, 1.807) is 0 Å². The molecule has 0 aliphatic carbocycles. The van der Waals surface area contributed by atoms with E-state index in [-0.39, 0.29) is 6.03 Å². The number of rotatable bonds is 2. The molecule has 0 aromatic carbocycles. The first kappa shape index (κ1) is 11.7. The summed E-state index contributed by atoms with van der Waals surface area (Å²) in [7, 11) is 0. The summed E-state index contributed by atoms with van der Waals surface area (Å²) < 4.78 is 0. The zero-order chi connectivity index (χ0) is 11.4. The Balaban J connectivity index is 1.67. The van der Waals surface area contributed by atoms with Gasteiger partial charge in [-0.2, -0.15) is 0 Å². The van der Waals surface area contributed by atoms with Crippen molar-refractivity contribution >= 4 is 6.03 Å². The number of piperidine rings is 1. The molecule has 0 aromatic rings. The van der Waals surface area contributed by atoms with Crippen molar-refractivity contribution in [2.45, 2.75) is 26.2 Å². The van der Waals surface area contributed by atoms with Crippen LogP contribution in [0.15, 0.2) is 0 Å². The normalized spacial score (nSPS) is 27.1. The molecule has 2 fully saturated rings. The smallest absolute Gasteiger partial charge is 0.317 e. The van der Waals surface area contributed by atoms with Crippen LogP contribution in [-0.2, 0) is 0 Å². The molecule has 2 rings (SSSR count). The Labute approximate surface area is 97.8 Å². The molecular formula is C12H23N3O. The third-order valence-electron chi connectivity index (χ3n) is 3.78. The Morgan fingerprint density at radius 2 is 2.12 bits per heavy atom. The minimum atomic E-state index is 0.138. The summed E-state index contributed by atoms with van der Waals surface area (Å²) in [5.74, 6) is 1.41. The number of carbonyl (C=O) groups is 1. The number of hydrogen-bond acceptors (Lipinski definition) is 2. The lowest BCUT2D eigenvalue weighted by atomic mass is 10.00. The minimum Gasteiger partial charge on any atom is -0.338 e. The van der Waals surface area contributed by atoms with E-state index < -0.39 is 0 Å². The topological polar surface area (TPSA) is 44.4 Å². The Kier molecular flexibility index (Phi) is 4.04. The summed E-state index contributed by atoms with van der Waals surface area (Å²) in [5, 5.41) is 6.37. The number of urea groups is 1. The van der Waals surface area contributed by atoms with E-state index in [1.807, 2.05) is 4.90 Å². The first-order chi connectivity index (χ1) is 7.75. The van der Waals surface area contributed by atoms with E-state index in [0.29, 0.717) is 5.92 Å². The van der Waals surface area contributed by atoms with Gasteiger partial charge in [0.05, 0.1) is 0 Å². The summed E-state index contributed by atoms with van der Waals surface area (Å²) in [4.78, 5) is 13.8. The van der Waals surface area contributed by atoms with Gasteiger partial charge in [-0.1, -0.05) is 6.92 Å². The highest BCUT2D eigenvalue weighted by Crippen LogP contribution is 2.15. The predicted molar refractivity (Wildman–Crippen MR) is 64.3 cm³/mol. The maximum Gasteiger partial charge on any atom is 0.317 e. The minimum absolute atomic E-state index is 0.138. The van der Waals surface area contributed by atoms with E-state index >= 15 is 0 Å². The second kappa shape index (κ2) is 5.53. The monoisotopic (exact) mass is 225 g/mol. The number of nitrogens with zero attached hydrogens (tertiary/aromatic N) is 1. The number of nitrogens with one attached hydrogen (secondary N) is 2. The Morgan fingerprint density at radius 3 is 2.75 bits per heavy atom. The largest absolute Gasteiger partial charge is 0.338 e. The molecule has 0 radical (unpaired) electrons. The first-order valence-corrected chi connectivity index (χ1v) is 6.49. The second-order valence-corrected chi connectivity index (χ2v) is 5.21. The number of carbonyl (C=O) groups excluding carboxylic acids is 1. The predicted octanol–water partition coefficient (Wildman–Crippen LogP) is 1.04. The van der Waals surface area contributed by atoms with Crippen LogP contribution in [0.5, 0.6) is 0 Å². The number of hydrogen-bond donors (Lipinski definition) is 2. The molecule has 2 saturated heterocycles. The van der Waals surface area contributed by atoms with Crippen LogP contribution >= 0.6 is 0 Å². The molecular weight excluding hydrogens is 202 g/mol. The zero-order valence-corrected chi connectivity index (χ0v) is 10.2. The molecule has 2 N–H and O–H groups in total. The van der Waals surface area contributed by atoms with Crippen molar-refractivity contribution in [3.8, 4) is 0 Å². The number of amides is 2. The molecule has 2 amide bonds. The molecule has 92 valence electrons. The van der Waals surface area contributed by atoms with Crippen LogP contribution in [0, 0.1) is 11.8 Å². The average molecular weight is 225 g/mol. The fraction of sp³-hybridized carbons (Fsp3) is 0.917. The molecule has 16 heavy (non-hydrogen) atoms. The molecule has 0 bridgehead atoms. The lowest BCUT2D eigenvalue weighted by molar-refractivity contribution is 0.172. The molecule has 0 aromatic heterocycles. The summed E-state index contributed by atoms with van der Waals surface area (Å²) in [5.41, 5.74) is 0. The molecule has 4 heteroatoms.